The van der Waals surface area contributed by atoms with Crippen LogP contribution in [-0.2, 0) is 20.8 Å². The van der Waals surface area contributed by atoms with Crippen LogP contribution >= 0.6 is 48.9 Å². The molecule has 194 valence electrons. The van der Waals surface area contributed by atoms with E-state index >= 15 is 0 Å². The first kappa shape index (κ1) is 34.8. The molecule has 36 heavy (non-hydrogen) atoms. The number of aryl methyl sites for hydroxylation is 2. The number of rotatable bonds is 2. The molecule has 4 aromatic carbocycles. The number of benzene rings is 2. The van der Waals surface area contributed by atoms with Gasteiger partial charge in [0.1, 0.15) is 0 Å². The minimum atomic E-state index is -1.20. The van der Waals surface area contributed by atoms with E-state index in [0.29, 0.717) is 0 Å². The fraction of sp³-hybridized carbons (Fsp3) is 0.357. The molecular formula is C28H38Br2Cl2Si3Zr. The molecule has 0 nitrogen and oxygen atoms in total. The van der Waals surface area contributed by atoms with Crippen molar-refractivity contribution in [3.8, 4) is 0 Å². The van der Waals surface area contributed by atoms with Gasteiger partial charge < -0.3 is 0 Å². The van der Waals surface area contributed by atoms with E-state index < -0.39 is 37.0 Å². The second-order valence-corrected chi connectivity index (χ2v) is 27.7. The molecule has 0 fully saturated rings. The molecule has 0 unspecified atom stereocenters. The Hall–Kier alpha value is 0.734. The Morgan fingerprint density at radius 3 is 1.19 bits per heavy atom. The number of halogens is 4. The molecule has 2 radical (unpaired) electrons. The Kier molecular flexibility index (Phi) is 15.0. The molecule has 4 aromatic rings. The molecule has 0 amide bonds. The van der Waals surface area contributed by atoms with Gasteiger partial charge in [-0.15, -0.1) is 56.9 Å². The van der Waals surface area contributed by atoms with Crippen LogP contribution in [0.25, 0.3) is 21.5 Å². The van der Waals surface area contributed by atoms with Crippen LogP contribution < -0.4 is 10.4 Å². The Labute approximate surface area is 259 Å². The van der Waals surface area contributed by atoms with Crippen LogP contribution in [0.1, 0.15) is 11.1 Å². The Bertz CT molecular complexity index is 1150. The molecule has 0 aromatic heterocycles. The summed E-state index contributed by atoms with van der Waals surface area (Å²) in [5.41, 5.74) is 2.69. The molecule has 0 aliphatic rings. The van der Waals surface area contributed by atoms with Crippen molar-refractivity contribution in [2.24, 2.45) is 0 Å². The molecule has 0 spiro atoms. The zero-order valence-electron chi connectivity index (χ0n) is 23.1. The maximum atomic E-state index is 4.93. The summed E-state index contributed by atoms with van der Waals surface area (Å²) in [6.07, 6.45) is 0. The summed E-state index contributed by atoms with van der Waals surface area (Å²) < 4.78 is 2.48. The third kappa shape index (κ3) is 10.7. The van der Waals surface area contributed by atoms with Crippen molar-refractivity contribution in [1.29, 1.82) is 0 Å². The molecule has 8 heteroatoms. The van der Waals surface area contributed by atoms with Gasteiger partial charge in [0.15, 0.2) is 0 Å². The van der Waals surface area contributed by atoms with Crippen LogP contribution in [0.5, 0.6) is 0 Å². The molecule has 0 bridgehead atoms. The summed E-state index contributed by atoms with van der Waals surface area (Å²) in [6.45, 7) is 22.9. The van der Waals surface area contributed by atoms with Gasteiger partial charge in [0.25, 0.3) is 0 Å². The fourth-order valence-electron chi connectivity index (χ4n) is 3.72. The van der Waals surface area contributed by atoms with E-state index in [1.54, 1.807) is 0 Å². The predicted octanol–water partition coefficient (Wildman–Crippen LogP) is 10.5. The summed E-state index contributed by atoms with van der Waals surface area (Å²) in [7, 11) is 8.55. The van der Waals surface area contributed by atoms with E-state index in [0.717, 1.165) is 9.52 Å². The van der Waals surface area contributed by atoms with Gasteiger partial charge in [-0.2, -0.15) is 12.1 Å². The minimum absolute atomic E-state index is 0.826. The van der Waals surface area contributed by atoms with E-state index in [2.05, 4.69) is 147 Å². The van der Waals surface area contributed by atoms with Gasteiger partial charge in [-0.1, -0.05) is 121 Å². The summed E-state index contributed by atoms with van der Waals surface area (Å²) >= 11 is 6.53. The molecule has 4 rings (SSSR count). The average molecular weight is 781 g/mol. The molecule has 0 saturated heterocycles. The van der Waals surface area contributed by atoms with Crippen molar-refractivity contribution in [2.75, 3.05) is 0 Å². The third-order valence-corrected chi connectivity index (χ3v) is 10.9. The summed E-state index contributed by atoms with van der Waals surface area (Å²) in [6, 6.07) is 18.3. The van der Waals surface area contributed by atoms with Gasteiger partial charge in [0, 0.05) is 9.52 Å². The Morgan fingerprint density at radius 2 is 0.944 bits per heavy atom. The number of fused-ring (bicyclic) bond motifs is 2. The molecule has 0 N–H and O–H groups in total. The van der Waals surface area contributed by atoms with Gasteiger partial charge in [-0.05, 0) is 8.95 Å². The zero-order valence-corrected chi connectivity index (χ0v) is 33.3. The monoisotopic (exact) mass is 776 g/mol. The first-order chi connectivity index (χ1) is 16.6. The molecule has 0 aliphatic carbocycles. The standard InChI is InChI=1S/2C13H16BrSi.C2H6Si.2ClH.Zr/c2*1-9-5-10-7-11(15(2,3)4)8-13(14)12(10)6-9;1-3-2;;;/h2*5-8H,1-4H3;1-2H3;2*1H;/q2*-1;;;;+4/p-2. The van der Waals surface area contributed by atoms with Crippen LogP contribution in [0.4, 0.5) is 0 Å². The van der Waals surface area contributed by atoms with Crippen molar-refractivity contribution in [3.63, 3.8) is 0 Å². The van der Waals surface area contributed by atoms with Crippen LogP contribution in [0.2, 0.25) is 52.4 Å². The second kappa shape index (κ2) is 15.5. The predicted molar refractivity (Wildman–Crippen MR) is 179 cm³/mol. The topological polar surface area (TPSA) is 0 Å². The normalized spacial score (nSPS) is 11.1. The molecule has 0 saturated carbocycles. The van der Waals surface area contributed by atoms with E-state index in [4.69, 9.17) is 17.0 Å². The molecule has 0 atom stereocenters. The zero-order chi connectivity index (χ0) is 27.8. The van der Waals surface area contributed by atoms with Gasteiger partial charge in [0.05, 0.1) is 16.1 Å². The van der Waals surface area contributed by atoms with Crippen molar-refractivity contribution in [2.45, 2.75) is 66.2 Å². The van der Waals surface area contributed by atoms with Gasteiger partial charge in [0.2, 0.25) is 0 Å². The van der Waals surface area contributed by atoms with E-state index in [9.17, 15) is 0 Å². The van der Waals surface area contributed by atoms with E-state index in [1.165, 1.54) is 52.0 Å². The Balaban J connectivity index is 0.000000296. The summed E-state index contributed by atoms with van der Waals surface area (Å²) in [5, 5.41) is 8.47. The first-order valence-electron chi connectivity index (χ1n) is 11.9. The van der Waals surface area contributed by atoms with Gasteiger partial charge in [-0.3, -0.25) is 0 Å². The number of hydrogen-bond acceptors (Lipinski definition) is 0. The third-order valence-electron chi connectivity index (χ3n) is 5.57. The number of hydrogen-bond donors (Lipinski definition) is 0. The summed E-state index contributed by atoms with van der Waals surface area (Å²) in [5.74, 6) is 0. The van der Waals surface area contributed by atoms with Crippen molar-refractivity contribution in [1.82, 2.24) is 0 Å². The summed E-state index contributed by atoms with van der Waals surface area (Å²) in [4.78, 5) is 0. The van der Waals surface area contributed by atoms with Crippen LogP contribution in [0.3, 0.4) is 0 Å². The van der Waals surface area contributed by atoms with Crippen molar-refractivity contribution in [3.05, 3.63) is 68.6 Å². The van der Waals surface area contributed by atoms with Crippen LogP contribution in [0, 0.1) is 13.8 Å². The fourth-order valence-corrected chi connectivity index (χ4v) is 7.65. The van der Waals surface area contributed by atoms with Crippen molar-refractivity contribution < 1.29 is 20.8 Å². The van der Waals surface area contributed by atoms with Crippen molar-refractivity contribution >= 4 is 106 Å². The maximum absolute atomic E-state index is 4.93. The van der Waals surface area contributed by atoms with Gasteiger partial charge in [-0.25, -0.2) is 0 Å². The second-order valence-electron chi connectivity index (χ2n) is 11.1. The SMILES string of the molecule is C[Si]C.Cc1cc2c(Br)cc([Si](C)(C)C)cc2[cH-]1.Cc1cc2c(Br)cc([Si](C)(C)C)cc2[cH-]1.[Cl][Zr+2][Cl]. The van der Waals surface area contributed by atoms with E-state index in [-0.39, 0.29) is 0 Å². The molecule has 0 aliphatic heterocycles. The molecular weight excluding hydrogens is 743 g/mol. The first-order valence-corrected chi connectivity index (χ1v) is 28.8. The average Bonchev–Trinajstić information content (AvgIpc) is 3.30. The Morgan fingerprint density at radius 1 is 0.667 bits per heavy atom. The quantitative estimate of drug-likeness (QED) is 0.140. The van der Waals surface area contributed by atoms with Crippen LogP contribution in [0.15, 0.2) is 57.5 Å². The molecule has 0 heterocycles. The van der Waals surface area contributed by atoms with E-state index in [1.807, 2.05) is 0 Å². The van der Waals surface area contributed by atoms with Gasteiger partial charge >= 0.3 is 37.9 Å². The van der Waals surface area contributed by atoms with Crippen LogP contribution in [-0.4, -0.2) is 25.7 Å².